The van der Waals surface area contributed by atoms with Gasteiger partial charge in [0.1, 0.15) is 10.8 Å². The van der Waals surface area contributed by atoms with E-state index < -0.39 is 10.0 Å². The van der Waals surface area contributed by atoms with Gasteiger partial charge in [-0.05, 0) is 54.1 Å². The molecular formula is C20H14FN3O2S2. The zero-order valence-corrected chi connectivity index (χ0v) is 16.0. The Hall–Kier alpha value is -2.94. The van der Waals surface area contributed by atoms with Crippen LogP contribution in [-0.4, -0.2) is 18.4 Å². The Morgan fingerprint density at radius 1 is 0.893 bits per heavy atom. The molecule has 2 aromatic heterocycles. The predicted octanol–water partition coefficient (Wildman–Crippen LogP) is 4.33. The molecule has 4 aromatic rings. The van der Waals surface area contributed by atoms with Gasteiger partial charge in [-0.25, -0.2) is 22.9 Å². The van der Waals surface area contributed by atoms with Crippen molar-refractivity contribution in [2.45, 2.75) is 4.90 Å². The fraction of sp³-hybridized carbons (Fsp3) is 0. The summed E-state index contributed by atoms with van der Waals surface area (Å²) in [5, 5.41) is 5.94. The minimum atomic E-state index is -3.77. The van der Waals surface area contributed by atoms with E-state index in [0.29, 0.717) is 5.69 Å². The van der Waals surface area contributed by atoms with Gasteiger partial charge in [0.05, 0.1) is 15.5 Å². The number of hydrogen-bond acceptors (Lipinski definition) is 5. The van der Waals surface area contributed by atoms with E-state index in [1.807, 2.05) is 12.1 Å². The highest BCUT2D eigenvalue weighted by Gasteiger charge is 2.17. The molecule has 2 aromatic carbocycles. The number of nitrogens with two attached hydrogens (primary N) is 1. The maximum absolute atomic E-state index is 13.4. The van der Waals surface area contributed by atoms with Crippen LogP contribution in [0.3, 0.4) is 0 Å². The number of pyridine rings is 1. The first kappa shape index (κ1) is 18.4. The molecule has 8 heteroatoms. The van der Waals surface area contributed by atoms with Crippen molar-refractivity contribution in [1.82, 2.24) is 9.97 Å². The van der Waals surface area contributed by atoms with Gasteiger partial charge in [0.2, 0.25) is 10.0 Å². The molecule has 0 aliphatic rings. The molecule has 0 saturated carbocycles. The first-order valence-electron chi connectivity index (χ1n) is 8.22. The number of thiazole rings is 1. The summed E-state index contributed by atoms with van der Waals surface area (Å²) < 4.78 is 36.4. The number of rotatable bonds is 4. The number of benzene rings is 2. The molecule has 0 amide bonds. The van der Waals surface area contributed by atoms with Gasteiger partial charge in [-0.2, -0.15) is 0 Å². The molecule has 2 N–H and O–H groups in total. The van der Waals surface area contributed by atoms with Crippen LogP contribution in [0.25, 0.3) is 32.3 Å². The van der Waals surface area contributed by atoms with E-state index in [4.69, 9.17) is 10.1 Å². The number of sulfonamides is 1. The predicted molar refractivity (Wildman–Crippen MR) is 108 cm³/mol. The Balaban J connectivity index is 1.87. The molecule has 0 saturated heterocycles. The first-order valence-corrected chi connectivity index (χ1v) is 10.6. The number of halogens is 1. The van der Waals surface area contributed by atoms with Crippen molar-refractivity contribution in [2.24, 2.45) is 5.14 Å². The molecule has 0 radical (unpaired) electrons. The average molecular weight is 411 g/mol. The third-order valence-corrected chi connectivity index (χ3v) is 6.18. The van der Waals surface area contributed by atoms with Gasteiger partial charge in [-0.3, -0.25) is 4.98 Å². The van der Waals surface area contributed by atoms with Gasteiger partial charge in [0.15, 0.2) is 0 Å². The Kier molecular flexibility index (Phi) is 4.76. The minimum absolute atomic E-state index is 0.0385. The summed E-state index contributed by atoms with van der Waals surface area (Å²) in [7, 11) is -3.77. The molecule has 0 bridgehead atoms. The highest BCUT2D eigenvalue weighted by molar-refractivity contribution is 7.89. The zero-order valence-electron chi connectivity index (χ0n) is 14.4. The van der Waals surface area contributed by atoms with Crippen molar-refractivity contribution in [3.63, 3.8) is 0 Å². The number of aromatic nitrogens is 2. The summed E-state index contributed by atoms with van der Waals surface area (Å²) in [5.74, 6) is -0.328. The smallest absolute Gasteiger partial charge is 0.238 e. The average Bonchev–Trinajstić information content (AvgIpc) is 3.14. The van der Waals surface area contributed by atoms with E-state index in [2.05, 4.69) is 4.98 Å². The van der Waals surface area contributed by atoms with Crippen LogP contribution in [0.1, 0.15) is 0 Å². The lowest BCUT2D eigenvalue weighted by molar-refractivity contribution is 0.598. The molecule has 0 fully saturated rings. The summed E-state index contributed by atoms with van der Waals surface area (Å²) in [6, 6.07) is 16.1. The van der Waals surface area contributed by atoms with Gasteiger partial charge in [0, 0.05) is 23.5 Å². The highest BCUT2D eigenvalue weighted by Crippen LogP contribution is 2.40. The fourth-order valence-corrected chi connectivity index (χ4v) is 4.33. The van der Waals surface area contributed by atoms with E-state index >= 15 is 0 Å². The molecule has 140 valence electrons. The van der Waals surface area contributed by atoms with Crippen LogP contribution in [0.2, 0.25) is 0 Å². The monoisotopic (exact) mass is 411 g/mol. The van der Waals surface area contributed by atoms with Crippen molar-refractivity contribution in [1.29, 1.82) is 0 Å². The second-order valence-electron chi connectivity index (χ2n) is 6.01. The summed E-state index contributed by atoms with van der Waals surface area (Å²) in [5.41, 5.74) is 3.10. The van der Waals surface area contributed by atoms with Crippen LogP contribution in [0.4, 0.5) is 4.39 Å². The SMILES string of the molecule is NS(=O)(=O)c1ccc(-c2sc(-c3cccnc3)nc2-c2ccc(F)cc2)cc1. The number of primary sulfonamides is 1. The molecule has 4 rings (SSSR count). The third-order valence-electron chi connectivity index (χ3n) is 4.10. The maximum atomic E-state index is 13.4. The Bertz CT molecular complexity index is 1220. The largest absolute Gasteiger partial charge is 0.264 e. The normalized spacial score (nSPS) is 11.5. The van der Waals surface area contributed by atoms with Gasteiger partial charge < -0.3 is 0 Å². The van der Waals surface area contributed by atoms with Crippen LogP contribution in [0.5, 0.6) is 0 Å². The lowest BCUT2D eigenvalue weighted by atomic mass is 10.1. The molecule has 28 heavy (non-hydrogen) atoms. The van der Waals surface area contributed by atoms with Crippen LogP contribution in [0, 0.1) is 5.82 Å². The van der Waals surface area contributed by atoms with Gasteiger partial charge in [-0.1, -0.05) is 12.1 Å². The lowest BCUT2D eigenvalue weighted by Crippen LogP contribution is -2.11. The molecule has 0 spiro atoms. The first-order chi connectivity index (χ1) is 13.4. The molecule has 0 atom stereocenters. The number of nitrogens with zero attached hydrogens (tertiary/aromatic N) is 2. The van der Waals surface area contributed by atoms with E-state index in [1.54, 1.807) is 36.7 Å². The summed E-state index contributed by atoms with van der Waals surface area (Å²) in [4.78, 5) is 9.75. The van der Waals surface area contributed by atoms with Crippen LogP contribution in [-0.2, 0) is 10.0 Å². The minimum Gasteiger partial charge on any atom is -0.264 e. The van der Waals surface area contributed by atoms with Crippen molar-refractivity contribution in [3.05, 3.63) is 78.9 Å². The summed E-state index contributed by atoms with van der Waals surface area (Å²) in [6.45, 7) is 0. The Morgan fingerprint density at radius 2 is 1.57 bits per heavy atom. The van der Waals surface area contributed by atoms with Gasteiger partial charge >= 0.3 is 0 Å². The third kappa shape index (κ3) is 3.70. The van der Waals surface area contributed by atoms with Crippen LogP contribution < -0.4 is 5.14 Å². The van der Waals surface area contributed by atoms with Gasteiger partial charge in [-0.15, -0.1) is 11.3 Å². The summed E-state index contributed by atoms with van der Waals surface area (Å²) in [6.07, 6.45) is 3.41. The molecule has 2 heterocycles. The molecular weight excluding hydrogens is 397 g/mol. The molecule has 5 nitrogen and oxygen atoms in total. The second kappa shape index (κ2) is 7.23. The fourth-order valence-electron chi connectivity index (χ4n) is 2.73. The van der Waals surface area contributed by atoms with E-state index in [1.165, 1.54) is 35.6 Å². The molecule has 0 aliphatic heterocycles. The van der Waals surface area contributed by atoms with Crippen molar-refractivity contribution in [2.75, 3.05) is 0 Å². The van der Waals surface area contributed by atoms with Crippen LogP contribution >= 0.6 is 11.3 Å². The zero-order chi connectivity index (χ0) is 19.7. The van der Waals surface area contributed by atoms with Crippen molar-refractivity contribution >= 4 is 21.4 Å². The maximum Gasteiger partial charge on any atom is 0.238 e. The standard InChI is InChI=1S/C20H14FN3O2S2/c21-16-7-3-13(4-8-16)18-19(14-5-9-17(10-6-14)28(22,25)26)27-20(24-18)15-2-1-11-23-12-15/h1-12H,(H2,22,25,26). The van der Waals surface area contributed by atoms with Crippen LogP contribution in [0.15, 0.2) is 78.0 Å². The van der Waals surface area contributed by atoms with E-state index in [-0.39, 0.29) is 10.7 Å². The Labute approximate surface area is 165 Å². The van der Waals surface area contributed by atoms with Crippen molar-refractivity contribution < 1.29 is 12.8 Å². The topological polar surface area (TPSA) is 85.9 Å². The van der Waals surface area contributed by atoms with E-state index in [9.17, 15) is 12.8 Å². The van der Waals surface area contributed by atoms with Gasteiger partial charge in [0.25, 0.3) is 0 Å². The second-order valence-corrected chi connectivity index (χ2v) is 8.58. The lowest BCUT2D eigenvalue weighted by Gasteiger charge is -2.04. The highest BCUT2D eigenvalue weighted by atomic mass is 32.2. The Morgan fingerprint density at radius 3 is 2.18 bits per heavy atom. The quantitative estimate of drug-likeness (QED) is 0.542. The summed E-state index contributed by atoms with van der Waals surface area (Å²) >= 11 is 1.45. The molecule has 0 aliphatic carbocycles. The van der Waals surface area contributed by atoms with E-state index in [0.717, 1.165) is 26.6 Å². The number of hydrogen-bond donors (Lipinski definition) is 1. The van der Waals surface area contributed by atoms with Crippen molar-refractivity contribution in [3.8, 4) is 32.3 Å². The molecule has 0 unspecified atom stereocenters.